The summed E-state index contributed by atoms with van der Waals surface area (Å²) in [6, 6.07) is 9.51. The molecule has 0 saturated carbocycles. The van der Waals surface area contributed by atoms with E-state index in [-0.39, 0.29) is 35.7 Å². The van der Waals surface area contributed by atoms with Gasteiger partial charge in [0.05, 0.1) is 19.3 Å². The van der Waals surface area contributed by atoms with Gasteiger partial charge < -0.3 is 20.3 Å². The number of nitrogens with zero attached hydrogens (tertiary/aromatic N) is 3. The number of para-hydroxylation sites is 1. The van der Waals surface area contributed by atoms with Crippen molar-refractivity contribution in [1.82, 2.24) is 15.6 Å². The van der Waals surface area contributed by atoms with Crippen LogP contribution in [-0.2, 0) is 6.54 Å². The molecule has 0 radical (unpaired) electrons. The molecule has 152 valence electrons. The molecule has 3 rings (SSSR count). The average molecular weight is 503 g/mol. The van der Waals surface area contributed by atoms with Crippen molar-refractivity contribution >= 4 is 35.6 Å². The van der Waals surface area contributed by atoms with Crippen molar-refractivity contribution in [2.24, 2.45) is 4.99 Å². The highest BCUT2D eigenvalue weighted by atomic mass is 127. The summed E-state index contributed by atoms with van der Waals surface area (Å²) < 4.78 is 33.1. The quantitative estimate of drug-likeness (QED) is 0.374. The number of benzene rings is 1. The highest BCUT2D eigenvalue weighted by Gasteiger charge is 2.27. The Morgan fingerprint density at radius 1 is 1.25 bits per heavy atom. The maximum absolute atomic E-state index is 14.0. The minimum Gasteiger partial charge on any atom is -0.481 e. The monoisotopic (exact) mass is 503 g/mol. The van der Waals surface area contributed by atoms with Gasteiger partial charge in [0.1, 0.15) is 17.3 Å². The number of guanidine groups is 1. The van der Waals surface area contributed by atoms with Crippen LogP contribution in [0.5, 0.6) is 5.88 Å². The van der Waals surface area contributed by atoms with Crippen LogP contribution in [0, 0.1) is 11.6 Å². The molecule has 9 heteroatoms. The van der Waals surface area contributed by atoms with E-state index in [1.54, 1.807) is 25.1 Å². The Kier molecular flexibility index (Phi) is 8.21. The summed E-state index contributed by atoms with van der Waals surface area (Å²) in [7, 11) is 3.25. The molecule has 2 aromatic rings. The van der Waals surface area contributed by atoms with Crippen LogP contribution in [0.3, 0.4) is 0 Å². The molecule has 1 unspecified atom stereocenters. The van der Waals surface area contributed by atoms with Crippen LogP contribution in [0.4, 0.5) is 14.5 Å². The highest BCUT2D eigenvalue weighted by Crippen LogP contribution is 2.26. The van der Waals surface area contributed by atoms with Crippen LogP contribution in [0.25, 0.3) is 0 Å². The Balaban J connectivity index is 0.00000280. The van der Waals surface area contributed by atoms with Crippen molar-refractivity contribution in [3.8, 4) is 5.88 Å². The predicted octanol–water partition coefficient (Wildman–Crippen LogP) is 2.93. The van der Waals surface area contributed by atoms with Gasteiger partial charge in [-0.3, -0.25) is 4.99 Å². The van der Waals surface area contributed by atoms with Gasteiger partial charge in [0.2, 0.25) is 5.88 Å². The second-order valence-electron chi connectivity index (χ2n) is 6.24. The van der Waals surface area contributed by atoms with Gasteiger partial charge in [0.25, 0.3) is 0 Å². The van der Waals surface area contributed by atoms with Gasteiger partial charge >= 0.3 is 0 Å². The molecule has 1 aromatic heterocycles. The Morgan fingerprint density at radius 2 is 1.96 bits per heavy atom. The third kappa shape index (κ3) is 5.43. The van der Waals surface area contributed by atoms with E-state index in [1.165, 1.54) is 18.2 Å². The minimum absolute atomic E-state index is 0. The lowest BCUT2D eigenvalue weighted by Crippen LogP contribution is -2.44. The number of anilines is 1. The largest absolute Gasteiger partial charge is 0.481 e. The number of nitrogens with one attached hydrogen (secondary N) is 2. The molecule has 0 amide bonds. The summed E-state index contributed by atoms with van der Waals surface area (Å²) in [6.45, 7) is 1.55. The lowest BCUT2D eigenvalue weighted by Gasteiger charge is -2.21. The third-order valence-corrected chi connectivity index (χ3v) is 4.43. The molecule has 1 saturated heterocycles. The van der Waals surface area contributed by atoms with Crippen LogP contribution < -0.4 is 20.3 Å². The summed E-state index contributed by atoms with van der Waals surface area (Å²) in [5.74, 6) is 0.0839. The zero-order valence-electron chi connectivity index (χ0n) is 15.8. The molecule has 2 N–H and O–H groups in total. The second kappa shape index (κ2) is 10.4. The van der Waals surface area contributed by atoms with Crippen molar-refractivity contribution in [3.05, 3.63) is 53.7 Å². The number of aromatic nitrogens is 1. The van der Waals surface area contributed by atoms with Gasteiger partial charge in [-0.05, 0) is 24.6 Å². The normalized spacial score (nSPS) is 16.5. The summed E-state index contributed by atoms with van der Waals surface area (Å²) in [5, 5.41) is 6.49. The molecule has 1 aromatic carbocycles. The fraction of sp³-hybridized carbons (Fsp3) is 0.368. The topological polar surface area (TPSA) is 61.8 Å². The maximum atomic E-state index is 14.0. The predicted molar refractivity (Wildman–Crippen MR) is 117 cm³/mol. The van der Waals surface area contributed by atoms with E-state index in [2.05, 4.69) is 20.6 Å². The molecule has 28 heavy (non-hydrogen) atoms. The fourth-order valence-electron chi connectivity index (χ4n) is 3.10. The van der Waals surface area contributed by atoms with Crippen LogP contribution in [-0.4, -0.2) is 44.2 Å². The number of ether oxygens (including phenoxy) is 1. The first-order valence-corrected chi connectivity index (χ1v) is 8.76. The zero-order valence-corrected chi connectivity index (χ0v) is 18.1. The van der Waals surface area contributed by atoms with Crippen molar-refractivity contribution in [2.45, 2.75) is 19.0 Å². The van der Waals surface area contributed by atoms with Crippen molar-refractivity contribution in [3.63, 3.8) is 0 Å². The summed E-state index contributed by atoms with van der Waals surface area (Å²) in [4.78, 5) is 10.3. The molecule has 0 aliphatic carbocycles. The van der Waals surface area contributed by atoms with E-state index in [1.807, 2.05) is 12.1 Å². The number of halogens is 3. The van der Waals surface area contributed by atoms with Crippen LogP contribution in [0.2, 0.25) is 0 Å². The number of pyridine rings is 1. The Bertz CT molecular complexity index is 800. The molecule has 2 heterocycles. The van der Waals surface area contributed by atoms with Gasteiger partial charge in [-0.2, -0.15) is 0 Å². The number of hydrogen-bond donors (Lipinski definition) is 2. The SMILES string of the molecule is CN=C(NCc1cccc(OC)n1)NC1CCN(c2c(F)cccc2F)C1.I. The smallest absolute Gasteiger partial charge is 0.213 e. The van der Waals surface area contributed by atoms with Crippen LogP contribution >= 0.6 is 24.0 Å². The zero-order chi connectivity index (χ0) is 19.2. The average Bonchev–Trinajstić information content (AvgIpc) is 3.13. The van der Waals surface area contributed by atoms with E-state index in [0.717, 1.165) is 12.1 Å². The van der Waals surface area contributed by atoms with Crippen molar-refractivity contribution < 1.29 is 13.5 Å². The number of hydrogen-bond acceptors (Lipinski definition) is 4. The first-order valence-electron chi connectivity index (χ1n) is 8.76. The highest BCUT2D eigenvalue weighted by molar-refractivity contribution is 14.0. The van der Waals surface area contributed by atoms with Crippen LogP contribution in [0.15, 0.2) is 41.4 Å². The molecule has 1 atom stereocenters. The maximum Gasteiger partial charge on any atom is 0.213 e. The Morgan fingerprint density at radius 3 is 2.64 bits per heavy atom. The van der Waals surface area contributed by atoms with E-state index >= 15 is 0 Å². The van der Waals surface area contributed by atoms with Crippen LogP contribution in [0.1, 0.15) is 12.1 Å². The molecular formula is C19H24F2IN5O. The number of methoxy groups -OCH3 is 1. The van der Waals surface area contributed by atoms with Crippen molar-refractivity contribution in [1.29, 1.82) is 0 Å². The van der Waals surface area contributed by atoms with E-state index in [9.17, 15) is 8.78 Å². The summed E-state index contributed by atoms with van der Waals surface area (Å²) in [6.07, 6.45) is 0.756. The van der Waals surface area contributed by atoms with Gasteiger partial charge in [-0.1, -0.05) is 12.1 Å². The number of aliphatic imine (C=N–C) groups is 1. The first-order chi connectivity index (χ1) is 13.1. The van der Waals surface area contributed by atoms with E-state index < -0.39 is 11.6 Å². The Hall–Kier alpha value is -2.17. The standard InChI is InChI=1S/C19H23F2N5O.HI/c1-22-19(23-11-13-5-3-8-17(24-13)27-2)25-14-9-10-26(12-14)18-15(20)6-4-7-16(18)21;/h3-8,14H,9-12H2,1-2H3,(H2,22,23,25);1H. The Labute approximate surface area is 180 Å². The molecule has 1 fully saturated rings. The lowest BCUT2D eigenvalue weighted by atomic mass is 10.2. The van der Waals surface area contributed by atoms with Gasteiger partial charge in [-0.15, -0.1) is 24.0 Å². The van der Waals surface area contributed by atoms with Gasteiger partial charge in [-0.25, -0.2) is 13.8 Å². The lowest BCUT2D eigenvalue weighted by molar-refractivity contribution is 0.396. The molecule has 1 aliphatic heterocycles. The molecular weight excluding hydrogens is 479 g/mol. The minimum atomic E-state index is -0.540. The molecule has 6 nitrogen and oxygen atoms in total. The molecule has 0 spiro atoms. The molecule has 1 aliphatic rings. The van der Waals surface area contributed by atoms with Gasteiger partial charge in [0.15, 0.2) is 5.96 Å². The van der Waals surface area contributed by atoms with E-state index in [4.69, 9.17) is 4.74 Å². The number of rotatable bonds is 5. The summed E-state index contributed by atoms with van der Waals surface area (Å²) in [5.41, 5.74) is 0.851. The van der Waals surface area contributed by atoms with Crippen molar-refractivity contribution in [2.75, 3.05) is 32.1 Å². The fourth-order valence-corrected chi connectivity index (χ4v) is 3.10. The first kappa shape index (κ1) is 22.1. The van der Waals surface area contributed by atoms with Gasteiger partial charge in [0, 0.05) is 32.2 Å². The third-order valence-electron chi connectivity index (χ3n) is 4.43. The van der Waals surface area contributed by atoms with E-state index in [0.29, 0.717) is 31.5 Å². The summed E-state index contributed by atoms with van der Waals surface area (Å²) >= 11 is 0. The second-order valence-corrected chi connectivity index (χ2v) is 6.24. The molecule has 0 bridgehead atoms.